The van der Waals surface area contributed by atoms with Crippen molar-refractivity contribution in [3.63, 3.8) is 0 Å². The number of halogens is 2. The van der Waals surface area contributed by atoms with Crippen LogP contribution in [0.2, 0.25) is 5.02 Å². The van der Waals surface area contributed by atoms with Gasteiger partial charge in [0, 0.05) is 6.61 Å². The molecule has 94 valence electrons. The van der Waals surface area contributed by atoms with Gasteiger partial charge in [-0.15, -0.1) is 0 Å². The van der Waals surface area contributed by atoms with Gasteiger partial charge in [0.05, 0.1) is 5.02 Å². The van der Waals surface area contributed by atoms with E-state index in [1.54, 1.807) is 18.2 Å². The Kier molecular flexibility index (Phi) is 4.05. The van der Waals surface area contributed by atoms with Crippen LogP contribution >= 0.6 is 11.6 Å². The lowest BCUT2D eigenvalue weighted by Gasteiger charge is -2.35. The average Bonchev–Trinajstić information content (AvgIpc) is 2.36. The van der Waals surface area contributed by atoms with Gasteiger partial charge in [-0.25, -0.2) is 4.39 Å². The van der Waals surface area contributed by atoms with Gasteiger partial charge in [0.25, 0.3) is 0 Å². The summed E-state index contributed by atoms with van der Waals surface area (Å²) in [6.45, 7) is 0.138. The zero-order valence-electron chi connectivity index (χ0n) is 9.88. The molecule has 0 amide bonds. The van der Waals surface area contributed by atoms with E-state index in [2.05, 4.69) is 0 Å². The largest absolute Gasteiger partial charge is 0.396 e. The first kappa shape index (κ1) is 12.8. The van der Waals surface area contributed by atoms with Crippen molar-refractivity contribution in [1.82, 2.24) is 0 Å². The Morgan fingerprint density at radius 2 is 1.94 bits per heavy atom. The summed E-state index contributed by atoms with van der Waals surface area (Å²) in [6, 6.07) is 5.11. The molecular formula is C14H18ClFO. The van der Waals surface area contributed by atoms with Crippen LogP contribution < -0.4 is 0 Å². The Labute approximate surface area is 107 Å². The molecule has 0 aromatic heterocycles. The lowest BCUT2D eigenvalue weighted by Crippen LogP contribution is -2.31. The molecular weight excluding hydrogens is 239 g/mol. The number of rotatable bonds is 3. The quantitative estimate of drug-likeness (QED) is 0.868. The molecule has 1 saturated carbocycles. The van der Waals surface area contributed by atoms with Gasteiger partial charge in [0.2, 0.25) is 0 Å². The summed E-state index contributed by atoms with van der Waals surface area (Å²) in [5.41, 5.74) is 0.498. The molecule has 0 bridgehead atoms. The van der Waals surface area contributed by atoms with E-state index in [0.29, 0.717) is 12.0 Å². The van der Waals surface area contributed by atoms with Crippen molar-refractivity contribution in [3.05, 3.63) is 34.6 Å². The highest BCUT2D eigenvalue weighted by atomic mass is 35.5. The fourth-order valence-corrected chi connectivity index (χ4v) is 2.98. The SMILES string of the molecule is OCC1(Cc2cccc(Cl)c2F)CCCCC1. The van der Waals surface area contributed by atoms with Crippen molar-refractivity contribution < 1.29 is 9.50 Å². The van der Waals surface area contributed by atoms with Crippen LogP contribution in [-0.4, -0.2) is 11.7 Å². The molecule has 1 aromatic carbocycles. The third-order valence-corrected chi connectivity index (χ3v) is 4.14. The Morgan fingerprint density at radius 3 is 2.59 bits per heavy atom. The Balaban J connectivity index is 2.20. The van der Waals surface area contributed by atoms with Gasteiger partial charge in [0.15, 0.2) is 0 Å². The van der Waals surface area contributed by atoms with E-state index in [1.807, 2.05) is 0 Å². The zero-order chi connectivity index (χ0) is 12.3. The van der Waals surface area contributed by atoms with Gasteiger partial charge in [0.1, 0.15) is 5.82 Å². The van der Waals surface area contributed by atoms with Crippen LogP contribution in [0.1, 0.15) is 37.7 Å². The van der Waals surface area contributed by atoms with Crippen molar-refractivity contribution in [2.45, 2.75) is 38.5 Å². The molecule has 3 heteroatoms. The van der Waals surface area contributed by atoms with Gasteiger partial charge in [-0.2, -0.15) is 0 Å². The maximum absolute atomic E-state index is 13.8. The Hall–Kier alpha value is -0.600. The second kappa shape index (κ2) is 5.36. The fourth-order valence-electron chi connectivity index (χ4n) is 2.78. The van der Waals surface area contributed by atoms with Crippen LogP contribution in [0.15, 0.2) is 18.2 Å². The molecule has 0 unspecified atom stereocenters. The molecule has 0 spiro atoms. The molecule has 1 nitrogen and oxygen atoms in total. The minimum Gasteiger partial charge on any atom is -0.396 e. The summed E-state index contributed by atoms with van der Waals surface area (Å²) in [6.07, 6.45) is 6.03. The van der Waals surface area contributed by atoms with E-state index in [0.717, 1.165) is 25.7 Å². The summed E-state index contributed by atoms with van der Waals surface area (Å²) in [7, 11) is 0. The molecule has 0 aliphatic heterocycles. The first-order chi connectivity index (χ1) is 8.17. The van der Waals surface area contributed by atoms with Crippen LogP contribution in [-0.2, 0) is 6.42 Å². The maximum atomic E-state index is 13.8. The Bertz CT molecular complexity index is 386. The standard InChI is InChI=1S/C14H18ClFO/c15-12-6-4-5-11(13(12)16)9-14(10-17)7-2-1-3-8-14/h4-6,17H,1-3,7-10H2. The predicted octanol–water partition coefficient (Wildman–Crippen LogP) is 3.96. The van der Waals surface area contributed by atoms with E-state index < -0.39 is 0 Å². The third-order valence-electron chi connectivity index (χ3n) is 3.85. The lowest BCUT2D eigenvalue weighted by atomic mass is 9.71. The van der Waals surface area contributed by atoms with Crippen LogP contribution in [0.25, 0.3) is 0 Å². The molecule has 1 fully saturated rings. The van der Waals surface area contributed by atoms with Gasteiger partial charge in [-0.05, 0) is 36.3 Å². The van der Waals surface area contributed by atoms with Crippen molar-refractivity contribution in [2.75, 3.05) is 6.61 Å². The van der Waals surface area contributed by atoms with E-state index in [4.69, 9.17) is 11.6 Å². The number of benzene rings is 1. The van der Waals surface area contributed by atoms with Crippen molar-refractivity contribution in [3.8, 4) is 0 Å². The summed E-state index contributed by atoms with van der Waals surface area (Å²) in [5.74, 6) is -0.326. The topological polar surface area (TPSA) is 20.2 Å². The van der Waals surface area contributed by atoms with Gasteiger partial charge in [-0.1, -0.05) is 43.0 Å². The Morgan fingerprint density at radius 1 is 1.24 bits per heavy atom. The van der Waals surface area contributed by atoms with Crippen LogP contribution in [0, 0.1) is 11.2 Å². The molecule has 0 atom stereocenters. The summed E-state index contributed by atoms with van der Waals surface area (Å²) >= 11 is 5.78. The molecule has 2 rings (SSSR count). The normalized spacial score (nSPS) is 19.2. The molecule has 0 radical (unpaired) electrons. The smallest absolute Gasteiger partial charge is 0.144 e. The molecule has 0 heterocycles. The molecule has 1 aliphatic rings. The van der Waals surface area contributed by atoms with Crippen LogP contribution in [0.4, 0.5) is 4.39 Å². The fraction of sp³-hybridized carbons (Fsp3) is 0.571. The minimum atomic E-state index is -0.326. The minimum absolute atomic E-state index is 0.135. The maximum Gasteiger partial charge on any atom is 0.144 e. The number of hydrogen-bond acceptors (Lipinski definition) is 1. The number of aliphatic hydroxyl groups is 1. The van der Waals surface area contributed by atoms with E-state index >= 15 is 0 Å². The predicted molar refractivity (Wildman–Crippen MR) is 67.7 cm³/mol. The lowest BCUT2D eigenvalue weighted by molar-refractivity contribution is 0.0815. The summed E-state index contributed by atoms with van der Waals surface area (Å²) in [4.78, 5) is 0. The first-order valence-corrected chi connectivity index (χ1v) is 6.58. The van der Waals surface area contributed by atoms with E-state index in [1.165, 1.54) is 6.42 Å². The second-order valence-corrected chi connectivity index (χ2v) is 5.52. The van der Waals surface area contributed by atoms with E-state index in [-0.39, 0.29) is 22.9 Å². The number of aliphatic hydroxyl groups excluding tert-OH is 1. The van der Waals surface area contributed by atoms with Crippen LogP contribution in [0.5, 0.6) is 0 Å². The molecule has 1 aromatic rings. The first-order valence-electron chi connectivity index (χ1n) is 6.21. The summed E-state index contributed by atoms with van der Waals surface area (Å²) < 4.78 is 13.8. The van der Waals surface area contributed by atoms with Crippen molar-refractivity contribution in [2.24, 2.45) is 5.41 Å². The average molecular weight is 257 g/mol. The zero-order valence-corrected chi connectivity index (χ0v) is 10.6. The molecule has 1 N–H and O–H groups in total. The second-order valence-electron chi connectivity index (χ2n) is 5.11. The monoisotopic (exact) mass is 256 g/mol. The van der Waals surface area contributed by atoms with Gasteiger partial charge < -0.3 is 5.11 Å². The van der Waals surface area contributed by atoms with Crippen LogP contribution in [0.3, 0.4) is 0 Å². The molecule has 1 aliphatic carbocycles. The number of hydrogen-bond donors (Lipinski definition) is 1. The van der Waals surface area contributed by atoms with E-state index in [9.17, 15) is 9.50 Å². The molecule has 0 saturated heterocycles. The van der Waals surface area contributed by atoms with Crippen molar-refractivity contribution >= 4 is 11.6 Å². The highest BCUT2D eigenvalue weighted by molar-refractivity contribution is 6.30. The molecule has 17 heavy (non-hydrogen) atoms. The highest BCUT2D eigenvalue weighted by Crippen LogP contribution is 2.39. The summed E-state index contributed by atoms with van der Waals surface area (Å²) in [5, 5.41) is 9.78. The van der Waals surface area contributed by atoms with Gasteiger partial charge in [-0.3, -0.25) is 0 Å². The van der Waals surface area contributed by atoms with Crippen molar-refractivity contribution in [1.29, 1.82) is 0 Å². The highest BCUT2D eigenvalue weighted by Gasteiger charge is 2.32. The third kappa shape index (κ3) is 2.80. The van der Waals surface area contributed by atoms with Gasteiger partial charge >= 0.3 is 0 Å².